The first-order chi connectivity index (χ1) is 8.26. The zero-order valence-electron chi connectivity index (χ0n) is 10.9. The van der Waals surface area contributed by atoms with Gasteiger partial charge in [-0.1, -0.05) is 0 Å². The minimum Gasteiger partial charge on any atom is -0.444 e. The topological polar surface area (TPSA) is 75.7 Å². The molecule has 2 aliphatic heterocycles. The van der Waals surface area contributed by atoms with Crippen molar-refractivity contribution in [3.63, 3.8) is 0 Å². The average molecular weight is 254 g/mol. The number of imide groups is 1. The third-order valence-electron chi connectivity index (χ3n) is 3.09. The van der Waals surface area contributed by atoms with Gasteiger partial charge in [0.05, 0.1) is 11.8 Å². The van der Waals surface area contributed by atoms with E-state index >= 15 is 0 Å². The van der Waals surface area contributed by atoms with E-state index in [-0.39, 0.29) is 23.7 Å². The minimum atomic E-state index is -0.574. The van der Waals surface area contributed by atoms with Crippen LogP contribution in [0.2, 0.25) is 0 Å². The van der Waals surface area contributed by atoms with Crippen LogP contribution in [0.1, 0.15) is 27.2 Å². The van der Waals surface area contributed by atoms with Gasteiger partial charge in [0, 0.05) is 13.1 Å². The van der Waals surface area contributed by atoms with Gasteiger partial charge < -0.3 is 9.64 Å². The second-order valence-electron chi connectivity index (χ2n) is 5.87. The normalized spacial score (nSPS) is 27.8. The molecule has 2 saturated heterocycles. The van der Waals surface area contributed by atoms with Gasteiger partial charge in [-0.05, 0) is 27.2 Å². The predicted molar refractivity (Wildman–Crippen MR) is 62.6 cm³/mol. The lowest BCUT2D eigenvalue weighted by Crippen LogP contribution is -2.58. The van der Waals surface area contributed by atoms with E-state index in [4.69, 9.17) is 4.74 Å². The summed E-state index contributed by atoms with van der Waals surface area (Å²) in [6, 6.07) is 0. The molecule has 2 unspecified atom stereocenters. The summed E-state index contributed by atoms with van der Waals surface area (Å²) in [5.41, 5.74) is -0.574. The van der Waals surface area contributed by atoms with Crippen molar-refractivity contribution in [1.82, 2.24) is 10.2 Å². The number of ether oxygens (including phenoxy) is 1. The third-order valence-corrected chi connectivity index (χ3v) is 3.09. The predicted octanol–water partition coefficient (Wildman–Crippen LogP) is 0.516. The highest BCUT2D eigenvalue weighted by Gasteiger charge is 2.42. The minimum absolute atomic E-state index is 0.287. The summed E-state index contributed by atoms with van der Waals surface area (Å²) in [6.07, 6.45) is 0.0731. The lowest BCUT2D eigenvalue weighted by Gasteiger charge is -2.39. The lowest BCUT2D eigenvalue weighted by molar-refractivity contribution is -0.143. The third kappa shape index (κ3) is 2.63. The first kappa shape index (κ1) is 12.9. The molecule has 100 valence electrons. The van der Waals surface area contributed by atoms with Gasteiger partial charge in [-0.3, -0.25) is 14.9 Å². The summed E-state index contributed by atoms with van der Waals surface area (Å²) < 4.78 is 5.26. The molecule has 2 aliphatic rings. The molecule has 2 atom stereocenters. The summed E-state index contributed by atoms with van der Waals surface area (Å²) in [5, 5.41) is 2.33. The highest BCUT2D eigenvalue weighted by molar-refractivity contribution is 6.00. The molecule has 2 heterocycles. The van der Waals surface area contributed by atoms with Crippen molar-refractivity contribution >= 4 is 17.9 Å². The number of carbonyl (C=O) groups excluding carboxylic acids is 3. The van der Waals surface area contributed by atoms with Crippen molar-refractivity contribution in [2.75, 3.05) is 13.1 Å². The Morgan fingerprint density at radius 1 is 1.22 bits per heavy atom. The SMILES string of the molecule is CC(C)(C)OC(=O)N1CC2CC(C1)C(=O)NC2=O. The van der Waals surface area contributed by atoms with E-state index in [0.717, 1.165) is 0 Å². The first-order valence-corrected chi connectivity index (χ1v) is 6.09. The van der Waals surface area contributed by atoms with Crippen molar-refractivity contribution in [2.24, 2.45) is 11.8 Å². The van der Waals surface area contributed by atoms with Crippen LogP contribution in [0, 0.1) is 11.8 Å². The highest BCUT2D eigenvalue weighted by atomic mass is 16.6. The molecule has 18 heavy (non-hydrogen) atoms. The van der Waals surface area contributed by atoms with Crippen molar-refractivity contribution in [1.29, 1.82) is 0 Å². The largest absolute Gasteiger partial charge is 0.444 e. The molecule has 0 aromatic heterocycles. The molecule has 0 spiro atoms. The zero-order valence-corrected chi connectivity index (χ0v) is 10.9. The van der Waals surface area contributed by atoms with Gasteiger partial charge >= 0.3 is 6.09 Å². The molecule has 0 aliphatic carbocycles. The zero-order chi connectivity index (χ0) is 13.5. The quantitative estimate of drug-likeness (QED) is 0.639. The van der Waals surface area contributed by atoms with Crippen molar-refractivity contribution in [3.8, 4) is 0 Å². The summed E-state index contributed by atoms with van der Waals surface area (Å²) >= 11 is 0. The molecule has 2 fully saturated rings. The van der Waals surface area contributed by atoms with Gasteiger partial charge in [0.2, 0.25) is 11.8 Å². The number of hydrogen-bond donors (Lipinski definition) is 1. The second-order valence-corrected chi connectivity index (χ2v) is 5.87. The molecular formula is C12H18N2O4. The molecule has 2 rings (SSSR count). The van der Waals surface area contributed by atoms with Crippen LogP contribution in [0.15, 0.2) is 0 Å². The summed E-state index contributed by atoms with van der Waals surface area (Å²) in [7, 11) is 0. The van der Waals surface area contributed by atoms with E-state index in [1.807, 2.05) is 0 Å². The van der Waals surface area contributed by atoms with Gasteiger partial charge in [-0.15, -0.1) is 0 Å². The monoisotopic (exact) mass is 254 g/mol. The van der Waals surface area contributed by atoms with Gasteiger partial charge in [-0.25, -0.2) is 4.79 Å². The van der Waals surface area contributed by atoms with E-state index in [2.05, 4.69) is 5.32 Å². The van der Waals surface area contributed by atoms with Crippen LogP contribution in [0.3, 0.4) is 0 Å². The van der Waals surface area contributed by atoms with Crippen LogP contribution in [0.4, 0.5) is 4.79 Å². The van der Waals surface area contributed by atoms with E-state index < -0.39 is 11.7 Å². The molecular weight excluding hydrogens is 236 g/mol. The Morgan fingerprint density at radius 2 is 1.72 bits per heavy atom. The Bertz CT molecular complexity index is 377. The smallest absolute Gasteiger partial charge is 0.410 e. The van der Waals surface area contributed by atoms with Gasteiger partial charge in [0.1, 0.15) is 5.60 Å². The first-order valence-electron chi connectivity index (χ1n) is 6.09. The van der Waals surface area contributed by atoms with Crippen molar-refractivity contribution in [3.05, 3.63) is 0 Å². The molecule has 6 nitrogen and oxygen atoms in total. The lowest BCUT2D eigenvalue weighted by atomic mass is 9.85. The fourth-order valence-electron chi connectivity index (χ4n) is 2.28. The molecule has 0 aromatic carbocycles. The highest BCUT2D eigenvalue weighted by Crippen LogP contribution is 2.27. The Balaban J connectivity index is 2.06. The van der Waals surface area contributed by atoms with Crippen LogP contribution < -0.4 is 5.32 Å². The number of rotatable bonds is 0. The summed E-state index contributed by atoms with van der Waals surface area (Å²) in [5.74, 6) is -1.17. The number of fused-ring (bicyclic) bond motifs is 2. The van der Waals surface area contributed by atoms with E-state index in [1.165, 1.54) is 4.90 Å². The van der Waals surface area contributed by atoms with E-state index in [0.29, 0.717) is 19.5 Å². The van der Waals surface area contributed by atoms with Crippen LogP contribution in [0.5, 0.6) is 0 Å². The molecule has 0 saturated carbocycles. The maximum absolute atomic E-state index is 11.9. The van der Waals surface area contributed by atoms with E-state index in [1.54, 1.807) is 20.8 Å². The van der Waals surface area contributed by atoms with Crippen LogP contribution in [0.25, 0.3) is 0 Å². The van der Waals surface area contributed by atoms with Crippen LogP contribution in [-0.2, 0) is 14.3 Å². The van der Waals surface area contributed by atoms with Crippen LogP contribution in [-0.4, -0.2) is 41.5 Å². The molecule has 1 N–H and O–H groups in total. The molecule has 2 bridgehead atoms. The summed E-state index contributed by atoms with van der Waals surface area (Å²) in [4.78, 5) is 36.5. The maximum Gasteiger partial charge on any atom is 0.410 e. The van der Waals surface area contributed by atoms with Gasteiger partial charge in [0.25, 0.3) is 0 Å². The fourth-order valence-corrected chi connectivity index (χ4v) is 2.28. The number of piperidine rings is 2. The van der Waals surface area contributed by atoms with Crippen LogP contribution >= 0.6 is 0 Å². The Labute approximate surface area is 106 Å². The second kappa shape index (κ2) is 4.26. The number of nitrogens with one attached hydrogen (secondary N) is 1. The molecule has 6 heteroatoms. The molecule has 0 radical (unpaired) electrons. The van der Waals surface area contributed by atoms with Gasteiger partial charge in [0.15, 0.2) is 0 Å². The Kier molecular flexibility index (Phi) is 3.04. The average Bonchev–Trinajstić information content (AvgIpc) is 2.24. The fraction of sp³-hybridized carbons (Fsp3) is 0.750. The maximum atomic E-state index is 11.9. The van der Waals surface area contributed by atoms with Crippen molar-refractivity contribution in [2.45, 2.75) is 32.8 Å². The number of carbonyl (C=O) groups is 3. The summed E-state index contributed by atoms with van der Waals surface area (Å²) in [6.45, 7) is 6.00. The Morgan fingerprint density at radius 3 is 2.17 bits per heavy atom. The number of hydrogen-bond acceptors (Lipinski definition) is 4. The van der Waals surface area contributed by atoms with Crippen molar-refractivity contribution < 1.29 is 19.1 Å². The number of likely N-dealkylation sites (tertiary alicyclic amines) is 1. The molecule has 3 amide bonds. The number of amides is 3. The number of nitrogens with zero attached hydrogens (tertiary/aromatic N) is 1. The standard InChI is InChI=1S/C12H18N2O4/c1-12(2,3)18-11(17)14-5-7-4-8(6-14)10(16)13-9(7)15/h7-8H,4-6H2,1-3H3,(H,13,15,16). The van der Waals surface area contributed by atoms with E-state index in [9.17, 15) is 14.4 Å². The van der Waals surface area contributed by atoms with Gasteiger partial charge in [-0.2, -0.15) is 0 Å². The molecule has 0 aromatic rings. The Hall–Kier alpha value is -1.59.